The third kappa shape index (κ3) is 2.35. The first-order valence-corrected chi connectivity index (χ1v) is 4.73. The summed E-state index contributed by atoms with van der Waals surface area (Å²) in [7, 11) is 0. The van der Waals surface area contributed by atoms with Gasteiger partial charge >= 0.3 is 0 Å². The van der Waals surface area contributed by atoms with Crippen LogP contribution in [0.3, 0.4) is 0 Å². The molecule has 0 saturated carbocycles. The van der Waals surface area contributed by atoms with Gasteiger partial charge in [0.15, 0.2) is 0 Å². The van der Waals surface area contributed by atoms with Crippen molar-refractivity contribution in [2.75, 3.05) is 0 Å². The van der Waals surface area contributed by atoms with Crippen molar-refractivity contribution in [1.29, 1.82) is 0 Å². The molecule has 0 atom stereocenters. The molecule has 0 fully saturated rings. The van der Waals surface area contributed by atoms with Crippen molar-refractivity contribution in [2.24, 2.45) is 0 Å². The Morgan fingerprint density at radius 1 is 1.46 bits per heavy atom. The first-order valence-electron chi connectivity index (χ1n) is 4.73. The standard InChI is InChI=1S/C12H16O/c1-3-5-8-11-10(4-2)7-6-9-12(11)13/h4,6-7,9,13H,2-3,5,8H2,1H3. The van der Waals surface area contributed by atoms with Gasteiger partial charge in [0.25, 0.3) is 0 Å². The number of hydrogen-bond donors (Lipinski definition) is 1. The highest BCUT2D eigenvalue weighted by Gasteiger charge is 2.03. The summed E-state index contributed by atoms with van der Waals surface area (Å²) in [5.41, 5.74) is 2.08. The summed E-state index contributed by atoms with van der Waals surface area (Å²) >= 11 is 0. The van der Waals surface area contributed by atoms with Crippen LogP contribution in [0.15, 0.2) is 24.8 Å². The third-order valence-electron chi connectivity index (χ3n) is 2.19. The Hall–Kier alpha value is -1.24. The van der Waals surface area contributed by atoms with E-state index in [1.54, 1.807) is 12.1 Å². The fourth-order valence-electron chi connectivity index (χ4n) is 1.41. The minimum absolute atomic E-state index is 0.394. The number of hydrogen-bond acceptors (Lipinski definition) is 1. The Labute approximate surface area is 79.7 Å². The molecule has 1 aromatic carbocycles. The lowest BCUT2D eigenvalue weighted by molar-refractivity contribution is 0.466. The van der Waals surface area contributed by atoms with Gasteiger partial charge in [-0.2, -0.15) is 0 Å². The predicted molar refractivity (Wildman–Crippen MR) is 56.8 cm³/mol. The molecule has 70 valence electrons. The van der Waals surface area contributed by atoms with E-state index in [2.05, 4.69) is 13.5 Å². The molecular formula is C12H16O. The molecule has 0 aromatic heterocycles. The molecule has 1 rings (SSSR count). The summed E-state index contributed by atoms with van der Waals surface area (Å²) in [5.74, 6) is 0.394. The lowest BCUT2D eigenvalue weighted by Gasteiger charge is -2.07. The monoisotopic (exact) mass is 176 g/mol. The second kappa shape index (κ2) is 4.70. The van der Waals surface area contributed by atoms with Gasteiger partial charge in [0.2, 0.25) is 0 Å². The maximum atomic E-state index is 9.60. The fraction of sp³-hybridized carbons (Fsp3) is 0.333. The molecule has 0 aliphatic carbocycles. The van der Waals surface area contributed by atoms with Crippen molar-refractivity contribution >= 4 is 6.08 Å². The zero-order valence-corrected chi connectivity index (χ0v) is 8.09. The van der Waals surface area contributed by atoms with E-state index in [-0.39, 0.29) is 0 Å². The SMILES string of the molecule is C=Cc1cccc(O)c1CCCC. The molecule has 0 radical (unpaired) electrons. The molecule has 0 saturated heterocycles. The van der Waals surface area contributed by atoms with E-state index >= 15 is 0 Å². The molecule has 1 heteroatoms. The molecule has 0 bridgehead atoms. The maximum Gasteiger partial charge on any atom is 0.119 e. The summed E-state index contributed by atoms with van der Waals surface area (Å²) in [6.45, 7) is 5.88. The molecule has 0 amide bonds. The van der Waals surface area contributed by atoms with Crippen LogP contribution >= 0.6 is 0 Å². The van der Waals surface area contributed by atoms with E-state index in [4.69, 9.17) is 0 Å². The fourth-order valence-corrected chi connectivity index (χ4v) is 1.41. The average molecular weight is 176 g/mol. The zero-order chi connectivity index (χ0) is 9.68. The van der Waals surface area contributed by atoms with Crippen LogP contribution in [-0.2, 0) is 6.42 Å². The lowest BCUT2D eigenvalue weighted by Crippen LogP contribution is -1.89. The van der Waals surface area contributed by atoms with Gasteiger partial charge in [-0.15, -0.1) is 0 Å². The molecule has 0 aliphatic heterocycles. The largest absolute Gasteiger partial charge is 0.508 e. The van der Waals surface area contributed by atoms with Gasteiger partial charge in [-0.25, -0.2) is 0 Å². The summed E-state index contributed by atoms with van der Waals surface area (Å²) in [5, 5.41) is 9.60. The van der Waals surface area contributed by atoms with Crippen molar-refractivity contribution < 1.29 is 5.11 Å². The van der Waals surface area contributed by atoms with Crippen LogP contribution in [-0.4, -0.2) is 5.11 Å². The minimum Gasteiger partial charge on any atom is -0.508 e. The highest BCUT2D eigenvalue weighted by atomic mass is 16.3. The second-order valence-corrected chi connectivity index (χ2v) is 3.15. The van der Waals surface area contributed by atoms with Crippen LogP contribution in [0.5, 0.6) is 5.75 Å². The topological polar surface area (TPSA) is 20.2 Å². The molecule has 0 heterocycles. The molecule has 1 N–H and O–H groups in total. The van der Waals surface area contributed by atoms with E-state index in [1.165, 1.54) is 0 Å². The Morgan fingerprint density at radius 2 is 2.23 bits per heavy atom. The van der Waals surface area contributed by atoms with Gasteiger partial charge in [-0.3, -0.25) is 0 Å². The van der Waals surface area contributed by atoms with E-state index < -0.39 is 0 Å². The van der Waals surface area contributed by atoms with Crippen molar-refractivity contribution in [1.82, 2.24) is 0 Å². The minimum atomic E-state index is 0.394. The van der Waals surface area contributed by atoms with Gasteiger partial charge in [-0.1, -0.05) is 38.1 Å². The molecule has 0 spiro atoms. The van der Waals surface area contributed by atoms with Gasteiger partial charge in [0, 0.05) is 5.56 Å². The summed E-state index contributed by atoms with van der Waals surface area (Å²) in [6.07, 6.45) is 4.98. The Kier molecular flexibility index (Phi) is 3.56. The Bertz CT molecular complexity index is 289. The van der Waals surface area contributed by atoms with E-state index in [0.29, 0.717) is 5.75 Å². The number of phenols is 1. The van der Waals surface area contributed by atoms with Gasteiger partial charge in [-0.05, 0) is 24.5 Å². The summed E-state index contributed by atoms with van der Waals surface area (Å²) in [6, 6.07) is 5.57. The number of unbranched alkanes of at least 4 members (excludes halogenated alkanes) is 1. The van der Waals surface area contributed by atoms with Crippen LogP contribution in [0.2, 0.25) is 0 Å². The molecule has 1 aromatic rings. The maximum absolute atomic E-state index is 9.60. The first-order chi connectivity index (χ1) is 6.29. The molecule has 1 nitrogen and oxygen atoms in total. The zero-order valence-electron chi connectivity index (χ0n) is 8.09. The normalized spacial score (nSPS) is 9.92. The third-order valence-corrected chi connectivity index (χ3v) is 2.19. The summed E-state index contributed by atoms with van der Waals surface area (Å²) in [4.78, 5) is 0. The van der Waals surface area contributed by atoms with Crippen molar-refractivity contribution in [3.05, 3.63) is 35.9 Å². The van der Waals surface area contributed by atoms with Crippen LogP contribution in [0, 0.1) is 0 Å². The number of aromatic hydroxyl groups is 1. The van der Waals surface area contributed by atoms with Crippen LogP contribution in [0.4, 0.5) is 0 Å². The highest BCUT2D eigenvalue weighted by molar-refractivity contribution is 5.56. The number of benzene rings is 1. The average Bonchev–Trinajstić information content (AvgIpc) is 2.15. The van der Waals surface area contributed by atoms with E-state index in [0.717, 1.165) is 30.4 Å². The molecule has 13 heavy (non-hydrogen) atoms. The van der Waals surface area contributed by atoms with Gasteiger partial charge < -0.3 is 5.11 Å². The lowest BCUT2D eigenvalue weighted by atomic mass is 10.0. The second-order valence-electron chi connectivity index (χ2n) is 3.15. The van der Waals surface area contributed by atoms with E-state index in [9.17, 15) is 5.11 Å². The molecule has 0 aliphatic rings. The molecule has 0 unspecified atom stereocenters. The Balaban J connectivity index is 2.93. The quantitative estimate of drug-likeness (QED) is 0.745. The smallest absolute Gasteiger partial charge is 0.119 e. The van der Waals surface area contributed by atoms with Crippen molar-refractivity contribution in [3.63, 3.8) is 0 Å². The number of phenolic OH excluding ortho intramolecular Hbond substituents is 1. The summed E-state index contributed by atoms with van der Waals surface area (Å²) < 4.78 is 0. The molecular weight excluding hydrogens is 160 g/mol. The van der Waals surface area contributed by atoms with Crippen LogP contribution < -0.4 is 0 Å². The predicted octanol–water partition coefficient (Wildman–Crippen LogP) is 3.38. The highest BCUT2D eigenvalue weighted by Crippen LogP contribution is 2.23. The van der Waals surface area contributed by atoms with E-state index in [1.807, 2.05) is 12.1 Å². The van der Waals surface area contributed by atoms with Gasteiger partial charge in [0.05, 0.1) is 0 Å². The van der Waals surface area contributed by atoms with Crippen LogP contribution in [0.25, 0.3) is 6.08 Å². The van der Waals surface area contributed by atoms with Crippen LogP contribution in [0.1, 0.15) is 30.9 Å². The Morgan fingerprint density at radius 3 is 2.85 bits per heavy atom. The van der Waals surface area contributed by atoms with Crippen molar-refractivity contribution in [2.45, 2.75) is 26.2 Å². The van der Waals surface area contributed by atoms with Gasteiger partial charge in [0.1, 0.15) is 5.75 Å². The van der Waals surface area contributed by atoms with Crippen molar-refractivity contribution in [3.8, 4) is 5.75 Å². The number of rotatable bonds is 4. The first kappa shape index (κ1) is 9.85.